The van der Waals surface area contributed by atoms with Gasteiger partial charge in [-0.05, 0) is 35.9 Å². The fraction of sp³-hybridized carbons (Fsp3) is 0.200. The predicted molar refractivity (Wildman–Crippen MR) is 146 cm³/mol. The summed E-state index contributed by atoms with van der Waals surface area (Å²) < 4.78 is 35.3. The van der Waals surface area contributed by atoms with E-state index in [1.165, 1.54) is 55.5 Å². The molecule has 0 unspecified atom stereocenters. The molecular formula is C25H23Cl2N5O5S. The monoisotopic (exact) mass is 575 g/mol. The van der Waals surface area contributed by atoms with Gasteiger partial charge in [-0.3, -0.25) is 18.9 Å². The van der Waals surface area contributed by atoms with Gasteiger partial charge in [0.25, 0.3) is 15.6 Å². The summed E-state index contributed by atoms with van der Waals surface area (Å²) in [6, 6.07) is 10.9. The summed E-state index contributed by atoms with van der Waals surface area (Å²) in [6.45, 7) is 1.88. The standard InChI is InChI=1S/C25H23Cl2N5O5S/c1-14(23(33)28-2)12-32-13-30-19-8-7-15(9-17(19)25(32)34)16-10-20(24(37-3)29-11-16)31-38(35,36)21-6-4-5-18(26)22(21)27/h4-11,13-14,31H,12H2,1-3H3,(H,28,33)/t14-/m0/s1. The van der Waals surface area contributed by atoms with Crippen LogP contribution in [0.5, 0.6) is 5.88 Å². The van der Waals surface area contributed by atoms with E-state index >= 15 is 0 Å². The van der Waals surface area contributed by atoms with Crippen molar-refractivity contribution in [3.8, 4) is 17.0 Å². The normalized spacial score (nSPS) is 12.2. The molecule has 10 nitrogen and oxygen atoms in total. The summed E-state index contributed by atoms with van der Waals surface area (Å²) in [5.74, 6) is -0.595. The molecule has 2 N–H and O–H groups in total. The van der Waals surface area contributed by atoms with Gasteiger partial charge in [0, 0.05) is 25.4 Å². The van der Waals surface area contributed by atoms with Crippen LogP contribution in [0.25, 0.3) is 22.0 Å². The van der Waals surface area contributed by atoms with E-state index in [0.717, 1.165) is 0 Å². The molecule has 1 amide bonds. The Kier molecular flexibility index (Phi) is 7.91. The minimum Gasteiger partial charge on any atom is -0.480 e. The van der Waals surface area contributed by atoms with Crippen LogP contribution in [0.4, 0.5) is 5.69 Å². The van der Waals surface area contributed by atoms with Crippen LogP contribution < -0.4 is 20.3 Å². The van der Waals surface area contributed by atoms with E-state index in [1.54, 1.807) is 25.1 Å². The summed E-state index contributed by atoms with van der Waals surface area (Å²) in [6.07, 6.45) is 2.90. The molecule has 2 aromatic heterocycles. The van der Waals surface area contributed by atoms with Gasteiger partial charge in [-0.1, -0.05) is 42.3 Å². The minimum absolute atomic E-state index is 0.0310. The second-order valence-corrected chi connectivity index (χ2v) is 10.8. The SMILES string of the molecule is CNC(=O)[C@@H](C)Cn1cnc2ccc(-c3cnc(OC)c(NS(=O)(=O)c4cccc(Cl)c4Cl)c3)cc2c1=O. The van der Waals surface area contributed by atoms with Crippen molar-refractivity contribution >= 4 is 55.7 Å². The number of ether oxygens (including phenoxy) is 1. The molecule has 0 aliphatic heterocycles. The van der Waals surface area contributed by atoms with Crippen LogP contribution >= 0.6 is 23.2 Å². The lowest BCUT2D eigenvalue weighted by atomic mass is 10.0. The second kappa shape index (κ2) is 11.0. The fourth-order valence-electron chi connectivity index (χ4n) is 3.83. The van der Waals surface area contributed by atoms with Crippen molar-refractivity contribution in [3.05, 3.63) is 75.4 Å². The van der Waals surface area contributed by atoms with Crippen molar-refractivity contribution in [1.29, 1.82) is 0 Å². The number of aromatic nitrogens is 3. The van der Waals surface area contributed by atoms with Crippen LogP contribution in [-0.2, 0) is 21.4 Å². The molecule has 4 aromatic rings. The first-order valence-corrected chi connectivity index (χ1v) is 13.5. The number of hydrogen-bond acceptors (Lipinski definition) is 7. The first-order valence-electron chi connectivity index (χ1n) is 11.3. The molecule has 0 aliphatic rings. The van der Waals surface area contributed by atoms with Gasteiger partial charge in [0.2, 0.25) is 11.8 Å². The smallest absolute Gasteiger partial charge is 0.263 e. The van der Waals surface area contributed by atoms with Crippen LogP contribution in [0.2, 0.25) is 10.0 Å². The molecule has 2 aromatic carbocycles. The van der Waals surface area contributed by atoms with E-state index in [2.05, 4.69) is 20.0 Å². The van der Waals surface area contributed by atoms with Crippen LogP contribution in [-0.4, -0.2) is 43.0 Å². The lowest BCUT2D eigenvalue weighted by Gasteiger charge is -2.14. The topological polar surface area (TPSA) is 132 Å². The van der Waals surface area contributed by atoms with Crippen molar-refractivity contribution in [2.75, 3.05) is 18.9 Å². The maximum atomic E-state index is 13.2. The fourth-order valence-corrected chi connectivity index (χ4v) is 5.64. The number of rotatable bonds is 8. The summed E-state index contributed by atoms with van der Waals surface area (Å²) in [5.41, 5.74) is 1.32. The molecule has 1 atom stereocenters. The number of carbonyl (C=O) groups excluding carboxylic acids is 1. The van der Waals surface area contributed by atoms with E-state index in [0.29, 0.717) is 22.0 Å². The van der Waals surface area contributed by atoms with E-state index in [9.17, 15) is 18.0 Å². The zero-order valence-electron chi connectivity index (χ0n) is 20.5. The average molecular weight is 576 g/mol. The lowest BCUT2D eigenvalue weighted by Crippen LogP contribution is -2.32. The van der Waals surface area contributed by atoms with Crippen molar-refractivity contribution < 1.29 is 17.9 Å². The molecule has 0 radical (unpaired) electrons. The molecule has 0 aliphatic carbocycles. The number of halogens is 2. The number of benzene rings is 2. The number of sulfonamides is 1. The average Bonchev–Trinajstić information content (AvgIpc) is 2.90. The molecule has 38 heavy (non-hydrogen) atoms. The van der Waals surface area contributed by atoms with E-state index in [4.69, 9.17) is 27.9 Å². The maximum absolute atomic E-state index is 13.2. The molecule has 0 spiro atoms. The van der Waals surface area contributed by atoms with Gasteiger partial charge in [-0.2, -0.15) is 0 Å². The Morgan fingerprint density at radius 3 is 2.61 bits per heavy atom. The molecule has 13 heteroatoms. The number of hydrogen-bond donors (Lipinski definition) is 2. The Hall–Kier alpha value is -3.67. The van der Waals surface area contributed by atoms with Crippen molar-refractivity contribution in [1.82, 2.24) is 19.9 Å². The van der Waals surface area contributed by atoms with Gasteiger partial charge in [-0.25, -0.2) is 18.4 Å². The number of fused-ring (bicyclic) bond motifs is 1. The first kappa shape index (κ1) is 27.4. The molecule has 0 saturated heterocycles. The largest absolute Gasteiger partial charge is 0.480 e. The third kappa shape index (κ3) is 5.45. The predicted octanol–water partition coefficient (Wildman–Crippen LogP) is 3.96. The Morgan fingerprint density at radius 2 is 1.89 bits per heavy atom. The molecule has 0 saturated carbocycles. The minimum atomic E-state index is -4.15. The second-order valence-electron chi connectivity index (χ2n) is 8.39. The van der Waals surface area contributed by atoms with E-state index < -0.39 is 15.9 Å². The Morgan fingerprint density at radius 1 is 1.13 bits per heavy atom. The van der Waals surface area contributed by atoms with Crippen molar-refractivity contribution in [3.63, 3.8) is 0 Å². The van der Waals surface area contributed by atoms with Crippen LogP contribution in [0.3, 0.4) is 0 Å². The summed E-state index contributed by atoms with van der Waals surface area (Å²) in [4.78, 5) is 33.4. The maximum Gasteiger partial charge on any atom is 0.263 e. The molecule has 198 valence electrons. The van der Waals surface area contributed by atoms with Gasteiger partial charge < -0.3 is 10.1 Å². The summed E-state index contributed by atoms with van der Waals surface area (Å²) in [5, 5.41) is 2.87. The summed E-state index contributed by atoms with van der Waals surface area (Å²) >= 11 is 12.1. The first-order chi connectivity index (χ1) is 18.1. The molecule has 0 bridgehead atoms. The lowest BCUT2D eigenvalue weighted by molar-refractivity contribution is -0.124. The highest BCUT2D eigenvalue weighted by Crippen LogP contribution is 2.34. The van der Waals surface area contributed by atoms with Crippen LogP contribution in [0, 0.1) is 5.92 Å². The number of pyridine rings is 1. The molecular weight excluding hydrogens is 553 g/mol. The summed E-state index contributed by atoms with van der Waals surface area (Å²) in [7, 11) is -1.26. The number of anilines is 1. The zero-order chi connectivity index (χ0) is 27.6. The number of nitrogens with zero attached hydrogens (tertiary/aromatic N) is 3. The number of methoxy groups -OCH3 is 1. The highest BCUT2D eigenvalue weighted by atomic mass is 35.5. The van der Waals surface area contributed by atoms with Gasteiger partial charge in [-0.15, -0.1) is 0 Å². The Bertz CT molecular complexity index is 1710. The third-order valence-corrected chi connectivity index (χ3v) is 8.16. The number of nitrogens with one attached hydrogen (secondary N) is 2. The van der Waals surface area contributed by atoms with Crippen LogP contribution in [0.15, 0.2) is 64.7 Å². The Balaban J connectivity index is 1.74. The molecule has 4 rings (SSSR count). The number of amides is 1. The van der Waals surface area contributed by atoms with Crippen LogP contribution in [0.1, 0.15) is 6.92 Å². The van der Waals surface area contributed by atoms with Gasteiger partial charge in [0.15, 0.2) is 0 Å². The van der Waals surface area contributed by atoms with Crippen molar-refractivity contribution in [2.45, 2.75) is 18.4 Å². The van der Waals surface area contributed by atoms with Gasteiger partial charge in [0.1, 0.15) is 10.6 Å². The van der Waals surface area contributed by atoms with E-state index in [1.807, 2.05) is 0 Å². The molecule has 2 heterocycles. The Labute approximate surface area is 228 Å². The number of carbonyl (C=O) groups is 1. The highest BCUT2D eigenvalue weighted by Gasteiger charge is 2.22. The zero-order valence-corrected chi connectivity index (χ0v) is 22.9. The highest BCUT2D eigenvalue weighted by molar-refractivity contribution is 7.92. The van der Waals surface area contributed by atoms with Crippen molar-refractivity contribution in [2.24, 2.45) is 5.92 Å². The van der Waals surface area contributed by atoms with E-state index in [-0.39, 0.29) is 44.5 Å². The molecule has 0 fully saturated rings. The van der Waals surface area contributed by atoms with Gasteiger partial charge in [0.05, 0.1) is 40.3 Å². The van der Waals surface area contributed by atoms with Gasteiger partial charge >= 0.3 is 0 Å². The quantitative estimate of drug-likeness (QED) is 0.325. The third-order valence-electron chi connectivity index (χ3n) is 5.82.